The molecule has 7 heteroatoms. The second kappa shape index (κ2) is 7.74. The Balaban J connectivity index is 1.71. The van der Waals surface area contributed by atoms with Gasteiger partial charge in [0, 0.05) is 38.3 Å². The number of methoxy groups -OCH3 is 1. The molecule has 0 unspecified atom stereocenters. The van der Waals surface area contributed by atoms with Crippen LogP contribution >= 0.6 is 0 Å². The standard InChI is InChI=1S/C18H26N4O3/c1-13(23)19-14-6-7-17(25-2)16(11-14)20-18(24)22-10-4-9-21-8-3-5-15(21)12-22/h6-7,11,15H,3-5,8-10,12H2,1-2H3,(H,19,23)(H,20,24)/t15-/m1/s1. The van der Waals surface area contributed by atoms with Crippen LogP contribution in [-0.2, 0) is 4.79 Å². The zero-order valence-electron chi connectivity index (χ0n) is 14.9. The van der Waals surface area contributed by atoms with E-state index >= 15 is 0 Å². The van der Waals surface area contributed by atoms with Gasteiger partial charge < -0.3 is 20.3 Å². The minimum absolute atomic E-state index is 0.118. The normalized spacial score (nSPS) is 20.6. The third-order valence-electron chi connectivity index (χ3n) is 4.85. The van der Waals surface area contributed by atoms with Gasteiger partial charge in [-0.1, -0.05) is 0 Å². The molecular formula is C18H26N4O3. The molecule has 0 spiro atoms. The van der Waals surface area contributed by atoms with Gasteiger partial charge >= 0.3 is 6.03 Å². The molecule has 7 nitrogen and oxygen atoms in total. The number of amides is 3. The maximum absolute atomic E-state index is 12.8. The highest BCUT2D eigenvalue weighted by Gasteiger charge is 2.30. The summed E-state index contributed by atoms with van der Waals surface area (Å²) in [7, 11) is 1.56. The fourth-order valence-electron chi connectivity index (χ4n) is 3.67. The smallest absolute Gasteiger partial charge is 0.322 e. The lowest BCUT2D eigenvalue weighted by molar-refractivity contribution is -0.114. The molecule has 136 valence electrons. The third-order valence-corrected chi connectivity index (χ3v) is 4.85. The minimum atomic E-state index is -0.156. The van der Waals surface area contributed by atoms with E-state index in [1.165, 1.54) is 13.3 Å². The van der Waals surface area contributed by atoms with Crippen LogP contribution in [0.1, 0.15) is 26.2 Å². The molecule has 1 aromatic rings. The Hall–Kier alpha value is -2.28. The van der Waals surface area contributed by atoms with Crippen LogP contribution in [0.4, 0.5) is 16.2 Å². The Morgan fingerprint density at radius 2 is 1.96 bits per heavy atom. The van der Waals surface area contributed by atoms with Crippen molar-refractivity contribution in [2.45, 2.75) is 32.2 Å². The van der Waals surface area contributed by atoms with Crippen molar-refractivity contribution in [1.29, 1.82) is 0 Å². The van der Waals surface area contributed by atoms with Gasteiger partial charge in [-0.15, -0.1) is 0 Å². The molecule has 2 aliphatic heterocycles. The van der Waals surface area contributed by atoms with E-state index in [0.717, 1.165) is 39.0 Å². The highest BCUT2D eigenvalue weighted by atomic mass is 16.5. The monoisotopic (exact) mass is 346 g/mol. The molecule has 0 aromatic heterocycles. The van der Waals surface area contributed by atoms with E-state index in [9.17, 15) is 9.59 Å². The Morgan fingerprint density at radius 1 is 1.16 bits per heavy atom. The molecule has 2 heterocycles. The van der Waals surface area contributed by atoms with Crippen LogP contribution in [0.3, 0.4) is 0 Å². The minimum Gasteiger partial charge on any atom is -0.495 e. The van der Waals surface area contributed by atoms with Crippen LogP contribution in [-0.4, -0.2) is 61.1 Å². The number of rotatable bonds is 3. The number of nitrogens with one attached hydrogen (secondary N) is 2. The Morgan fingerprint density at radius 3 is 2.72 bits per heavy atom. The summed E-state index contributed by atoms with van der Waals surface area (Å²) in [6.45, 7) is 5.18. The molecule has 0 radical (unpaired) electrons. The molecule has 2 fully saturated rings. The SMILES string of the molecule is COc1ccc(NC(C)=O)cc1NC(=O)N1CCCN2CCC[C@@H]2C1. The molecule has 1 aromatic carbocycles. The van der Waals surface area contributed by atoms with Gasteiger partial charge in [0.2, 0.25) is 5.91 Å². The number of hydrogen-bond donors (Lipinski definition) is 2. The van der Waals surface area contributed by atoms with Crippen molar-refractivity contribution < 1.29 is 14.3 Å². The molecule has 3 amide bonds. The lowest BCUT2D eigenvalue weighted by Gasteiger charge is -2.26. The largest absolute Gasteiger partial charge is 0.495 e. The van der Waals surface area contributed by atoms with Gasteiger partial charge in [-0.05, 0) is 44.0 Å². The number of benzene rings is 1. The van der Waals surface area contributed by atoms with Crippen LogP contribution in [0.25, 0.3) is 0 Å². The van der Waals surface area contributed by atoms with Crippen molar-refractivity contribution >= 4 is 23.3 Å². The maximum atomic E-state index is 12.8. The van der Waals surface area contributed by atoms with Gasteiger partial charge in [-0.25, -0.2) is 4.79 Å². The first-order valence-corrected chi connectivity index (χ1v) is 8.82. The highest BCUT2D eigenvalue weighted by molar-refractivity contribution is 5.94. The maximum Gasteiger partial charge on any atom is 0.322 e. The van der Waals surface area contributed by atoms with E-state index in [1.54, 1.807) is 25.3 Å². The number of fused-ring (bicyclic) bond motifs is 1. The van der Waals surface area contributed by atoms with Gasteiger partial charge in [0.15, 0.2) is 0 Å². The fraction of sp³-hybridized carbons (Fsp3) is 0.556. The van der Waals surface area contributed by atoms with Crippen LogP contribution in [0.5, 0.6) is 5.75 Å². The van der Waals surface area contributed by atoms with Crippen molar-refractivity contribution in [2.24, 2.45) is 0 Å². The van der Waals surface area contributed by atoms with Crippen molar-refractivity contribution in [3.05, 3.63) is 18.2 Å². The lowest BCUT2D eigenvalue weighted by Crippen LogP contribution is -2.41. The summed E-state index contributed by atoms with van der Waals surface area (Å²) < 4.78 is 5.33. The first kappa shape index (κ1) is 17.5. The van der Waals surface area contributed by atoms with E-state index in [2.05, 4.69) is 15.5 Å². The predicted octanol–water partition coefficient (Wildman–Crippen LogP) is 2.36. The Labute approximate surface area is 148 Å². The molecule has 3 rings (SSSR count). The first-order valence-electron chi connectivity index (χ1n) is 8.82. The van der Waals surface area contributed by atoms with Crippen LogP contribution in [0, 0.1) is 0 Å². The molecule has 2 N–H and O–H groups in total. The Kier molecular flexibility index (Phi) is 5.43. The zero-order valence-corrected chi connectivity index (χ0v) is 14.9. The molecule has 0 aliphatic carbocycles. The summed E-state index contributed by atoms with van der Waals surface area (Å²) in [5.41, 5.74) is 1.19. The number of carbonyl (C=O) groups excluding carboxylic acids is 2. The van der Waals surface area contributed by atoms with Crippen molar-refractivity contribution in [1.82, 2.24) is 9.80 Å². The van der Waals surface area contributed by atoms with E-state index < -0.39 is 0 Å². The van der Waals surface area contributed by atoms with E-state index in [1.807, 2.05) is 4.90 Å². The number of anilines is 2. The van der Waals surface area contributed by atoms with E-state index in [0.29, 0.717) is 23.2 Å². The topological polar surface area (TPSA) is 73.9 Å². The zero-order chi connectivity index (χ0) is 17.8. The van der Waals surface area contributed by atoms with Crippen LogP contribution in [0.15, 0.2) is 18.2 Å². The van der Waals surface area contributed by atoms with Gasteiger partial charge in [-0.2, -0.15) is 0 Å². The van der Waals surface area contributed by atoms with Crippen molar-refractivity contribution in [2.75, 3.05) is 43.9 Å². The quantitative estimate of drug-likeness (QED) is 0.881. The average molecular weight is 346 g/mol. The molecular weight excluding hydrogens is 320 g/mol. The number of urea groups is 1. The molecule has 0 bridgehead atoms. The van der Waals surface area contributed by atoms with Crippen LogP contribution in [0.2, 0.25) is 0 Å². The summed E-state index contributed by atoms with van der Waals surface area (Å²) in [5, 5.41) is 5.67. The highest BCUT2D eigenvalue weighted by Crippen LogP contribution is 2.29. The summed E-state index contributed by atoms with van der Waals surface area (Å²) in [6, 6.07) is 5.56. The number of carbonyl (C=O) groups is 2. The van der Waals surface area contributed by atoms with Gasteiger partial charge in [-0.3, -0.25) is 9.69 Å². The summed E-state index contributed by atoms with van der Waals surface area (Å²) in [5.74, 6) is 0.413. The fourth-order valence-corrected chi connectivity index (χ4v) is 3.67. The summed E-state index contributed by atoms with van der Waals surface area (Å²) in [6.07, 6.45) is 3.37. The van der Waals surface area contributed by atoms with Crippen molar-refractivity contribution in [3.8, 4) is 5.75 Å². The Bertz CT molecular complexity index is 649. The summed E-state index contributed by atoms with van der Waals surface area (Å²) >= 11 is 0. The van der Waals surface area contributed by atoms with Gasteiger partial charge in [0.25, 0.3) is 0 Å². The van der Waals surface area contributed by atoms with E-state index in [-0.39, 0.29) is 11.9 Å². The number of ether oxygens (including phenoxy) is 1. The summed E-state index contributed by atoms with van der Waals surface area (Å²) in [4.78, 5) is 28.4. The predicted molar refractivity (Wildman–Crippen MR) is 97.1 cm³/mol. The number of hydrogen-bond acceptors (Lipinski definition) is 4. The second-order valence-corrected chi connectivity index (χ2v) is 6.66. The van der Waals surface area contributed by atoms with Crippen LogP contribution < -0.4 is 15.4 Å². The lowest BCUT2D eigenvalue weighted by atomic mass is 10.2. The average Bonchev–Trinajstić information content (AvgIpc) is 2.91. The van der Waals surface area contributed by atoms with Gasteiger partial charge in [0.05, 0.1) is 12.8 Å². The third kappa shape index (κ3) is 4.22. The molecule has 0 saturated carbocycles. The molecule has 25 heavy (non-hydrogen) atoms. The number of nitrogens with zero attached hydrogens (tertiary/aromatic N) is 2. The van der Waals surface area contributed by atoms with Gasteiger partial charge in [0.1, 0.15) is 5.75 Å². The first-order chi connectivity index (χ1) is 12.1. The van der Waals surface area contributed by atoms with Crippen molar-refractivity contribution in [3.63, 3.8) is 0 Å². The molecule has 2 saturated heterocycles. The second-order valence-electron chi connectivity index (χ2n) is 6.66. The molecule has 1 atom stereocenters. The van der Waals surface area contributed by atoms with E-state index in [4.69, 9.17) is 4.74 Å². The molecule has 2 aliphatic rings.